The highest BCUT2D eigenvalue weighted by Gasteiger charge is 2.52. The van der Waals surface area contributed by atoms with Gasteiger partial charge in [-0.2, -0.15) is 0 Å². The first-order valence-electron chi connectivity index (χ1n) is 13.6. The summed E-state index contributed by atoms with van der Waals surface area (Å²) in [4.78, 5) is 28.8. The summed E-state index contributed by atoms with van der Waals surface area (Å²) in [6, 6.07) is 7.28. The minimum Gasteiger partial charge on any atom is -0.502 e. The monoisotopic (exact) mass is 590 g/mol. The van der Waals surface area contributed by atoms with Gasteiger partial charge in [0, 0.05) is 44.4 Å². The van der Waals surface area contributed by atoms with E-state index in [0.717, 1.165) is 36.3 Å². The number of carbonyl (C=O) groups is 2. The van der Waals surface area contributed by atoms with E-state index in [0.29, 0.717) is 31.3 Å². The topological polar surface area (TPSA) is 125 Å². The van der Waals surface area contributed by atoms with E-state index in [1.54, 1.807) is 12.1 Å². The smallest absolute Gasteiger partial charge is 0.310 e. The molecule has 0 bridgehead atoms. The molecule has 2 saturated heterocycles. The Kier molecular flexibility index (Phi) is 8.67. The van der Waals surface area contributed by atoms with Gasteiger partial charge in [0.25, 0.3) is 0 Å². The molecule has 0 radical (unpaired) electrons. The molecule has 0 aromatic heterocycles. The fourth-order valence-electron chi connectivity index (χ4n) is 6.48. The van der Waals surface area contributed by atoms with Crippen LogP contribution < -0.4 is 24.3 Å². The third-order valence-corrected chi connectivity index (χ3v) is 8.46. The number of fused-ring (bicyclic) bond motifs is 3. The number of benzene rings is 2. The first-order valence-corrected chi connectivity index (χ1v) is 13.6. The molecule has 41 heavy (non-hydrogen) atoms. The van der Waals surface area contributed by atoms with Gasteiger partial charge in [-0.25, -0.2) is 0 Å². The lowest BCUT2D eigenvalue weighted by molar-refractivity contribution is -0.141. The van der Waals surface area contributed by atoms with Crippen molar-refractivity contribution in [1.29, 1.82) is 0 Å². The molecule has 1 unspecified atom stereocenters. The number of phenolic OH excluding ortho intramolecular Hbond substituents is 1. The molecule has 12 heteroatoms. The number of aromatic hydroxyl groups is 1. The van der Waals surface area contributed by atoms with E-state index >= 15 is 0 Å². The van der Waals surface area contributed by atoms with Crippen LogP contribution in [0.5, 0.6) is 28.7 Å². The maximum atomic E-state index is 13.3. The summed E-state index contributed by atoms with van der Waals surface area (Å²) in [5, 5.41) is 13.6. The van der Waals surface area contributed by atoms with E-state index in [-0.39, 0.29) is 73.2 Å². The summed E-state index contributed by atoms with van der Waals surface area (Å²) in [6.45, 7) is 4.75. The normalized spacial score (nSPS) is 24.5. The Bertz CT molecular complexity index is 1270. The second kappa shape index (κ2) is 12.2. The van der Waals surface area contributed by atoms with Crippen LogP contribution in [0.15, 0.2) is 24.3 Å². The molecule has 2 aromatic rings. The van der Waals surface area contributed by atoms with Gasteiger partial charge in [-0.15, -0.1) is 12.4 Å². The van der Waals surface area contributed by atoms with Crippen molar-refractivity contribution in [2.75, 3.05) is 67.0 Å². The van der Waals surface area contributed by atoms with Crippen LogP contribution >= 0.6 is 12.4 Å². The number of methoxy groups -OCH3 is 2. The van der Waals surface area contributed by atoms with Crippen molar-refractivity contribution in [2.24, 2.45) is 11.8 Å². The maximum Gasteiger partial charge on any atom is 0.310 e. The fourth-order valence-corrected chi connectivity index (χ4v) is 6.48. The number of nitrogens with zero attached hydrogens (tertiary/aromatic N) is 1. The Morgan fingerprint density at radius 2 is 1.68 bits per heavy atom. The number of morpholine rings is 1. The fraction of sp³-hybridized carbons (Fsp3) is 0.517. The summed E-state index contributed by atoms with van der Waals surface area (Å²) >= 11 is 0. The highest BCUT2D eigenvalue weighted by Crippen LogP contribution is 2.56. The number of nitrogens with one attached hydrogen (secondary N) is 1. The Balaban J connectivity index is 0.00000337. The third kappa shape index (κ3) is 5.45. The molecule has 3 aliphatic heterocycles. The number of ether oxygens (including phenoxy) is 6. The van der Waals surface area contributed by atoms with Gasteiger partial charge in [0.2, 0.25) is 18.4 Å². The van der Waals surface area contributed by atoms with Crippen LogP contribution in [0.1, 0.15) is 34.9 Å². The number of esters is 1. The van der Waals surface area contributed by atoms with Crippen LogP contribution in [0.4, 0.5) is 0 Å². The molecular weight excluding hydrogens is 556 g/mol. The number of hydrogen-bond donors (Lipinski definition) is 2. The van der Waals surface area contributed by atoms with Crippen LogP contribution in [-0.4, -0.2) is 88.9 Å². The summed E-state index contributed by atoms with van der Waals surface area (Å²) in [6.07, 6.45) is 0.211. The number of amides is 1. The highest BCUT2D eigenvalue weighted by atomic mass is 35.5. The minimum absolute atomic E-state index is 0. The lowest BCUT2D eigenvalue weighted by Gasteiger charge is -2.39. The Morgan fingerprint density at radius 3 is 2.34 bits per heavy atom. The standard InChI is InChI=1S/C29H34N2O9.ClH/c1-35-23-9-16(10-24(36-2)28(23)33)26-19-12-22-21(39-15-40-22)11-17(19)18(20-14-38-29(34)27(20)26)13-25(32)30-3-4-31-5-7-37-8-6-31;/h9-12,18,20,26-27,33H,3-8,13-15H2,1-2H3,(H,30,32);1H/t18-,20?,26-,27+;/m1./s1. The van der Waals surface area contributed by atoms with Gasteiger partial charge >= 0.3 is 5.97 Å². The van der Waals surface area contributed by atoms with Crippen molar-refractivity contribution in [3.05, 3.63) is 41.0 Å². The predicted molar refractivity (Wildman–Crippen MR) is 148 cm³/mol. The zero-order valence-corrected chi connectivity index (χ0v) is 23.9. The van der Waals surface area contributed by atoms with Gasteiger partial charge in [0.05, 0.1) is 40.0 Å². The zero-order chi connectivity index (χ0) is 27.8. The second-order valence-electron chi connectivity index (χ2n) is 10.5. The molecule has 1 aliphatic carbocycles. The molecule has 3 heterocycles. The first kappa shape index (κ1) is 29.1. The van der Waals surface area contributed by atoms with E-state index in [1.165, 1.54) is 14.2 Å². The van der Waals surface area contributed by atoms with E-state index < -0.39 is 11.8 Å². The number of cyclic esters (lactones) is 1. The van der Waals surface area contributed by atoms with Crippen LogP contribution in [-0.2, 0) is 19.1 Å². The molecule has 2 fully saturated rings. The van der Waals surface area contributed by atoms with Crippen molar-refractivity contribution in [3.63, 3.8) is 0 Å². The predicted octanol–water partition coefficient (Wildman–Crippen LogP) is 2.42. The molecule has 4 atom stereocenters. The molecule has 2 aromatic carbocycles. The molecular formula is C29H35ClN2O9. The number of halogens is 1. The van der Waals surface area contributed by atoms with E-state index in [1.807, 2.05) is 12.1 Å². The third-order valence-electron chi connectivity index (χ3n) is 8.46. The van der Waals surface area contributed by atoms with Gasteiger partial charge in [0.15, 0.2) is 23.0 Å². The Morgan fingerprint density at radius 1 is 1.02 bits per heavy atom. The zero-order valence-electron chi connectivity index (χ0n) is 23.1. The van der Waals surface area contributed by atoms with Gasteiger partial charge in [-0.3, -0.25) is 14.5 Å². The largest absolute Gasteiger partial charge is 0.502 e. The van der Waals surface area contributed by atoms with Gasteiger partial charge in [-0.1, -0.05) is 0 Å². The summed E-state index contributed by atoms with van der Waals surface area (Å²) < 4.78 is 33.3. The molecule has 1 amide bonds. The molecule has 0 saturated carbocycles. The van der Waals surface area contributed by atoms with E-state index in [9.17, 15) is 14.7 Å². The quantitative estimate of drug-likeness (QED) is 0.443. The SMILES string of the molecule is COc1cc([C@@H]2c3cc4c(cc3[C@@H](CC(=O)NCCN3CCOCC3)C3COC(=O)[C@@H]32)OCO4)cc(OC)c1O.Cl. The van der Waals surface area contributed by atoms with Crippen molar-refractivity contribution >= 4 is 24.3 Å². The van der Waals surface area contributed by atoms with Gasteiger partial charge < -0.3 is 38.8 Å². The van der Waals surface area contributed by atoms with Crippen LogP contribution in [0.25, 0.3) is 0 Å². The van der Waals surface area contributed by atoms with E-state index in [4.69, 9.17) is 28.4 Å². The van der Waals surface area contributed by atoms with Crippen molar-refractivity contribution < 1.29 is 43.1 Å². The molecule has 2 N–H and O–H groups in total. The molecule has 222 valence electrons. The average molecular weight is 591 g/mol. The Hall–Kier alpha value is -3.41. The average Bonchev–Trinajstić information content (AvgIpc) is 3.59. The second-order valence-corrected chi connectivity index (χ2v) is 10.5. The van der Waals surface area contributed by atoms with Crippen molar-refractivity contribution in [3.8, 4) is 28.7 Å². The number of carbonyl (C=O) groups excluding carboxylic acids is 2. The summed E-state index contributed by atoms with van der Waals surface area (Å²) in [5.41, 5.74) is 2.50. The lowest BCUT2D eigenvalue weighted by Crippen LogP contribution is -2.42. The van der Waals surface area contributed by atoms with Crippen LogP contribution in [0.2, 0.25) is 0 Å². The number of phenols is 1. The van der Waals surface area contributed by atoms with Crippen molar-refractivity contribution in [1.82, 2.24) is 10.2 Å². The maximum absolute atomic E-state index is 13.3. The number of rotatable bonds is 8. The van der Waals surface area contributed by atoms with Crippen molar-refractivity contribution in [2.45, 2.75) is 18.3 Å². The Labute approximate surface area is 244 Å². The number of hydrogen-bond acceptors (Lipinski definition) is 10. The molecule has 6 rings (SSSR count). The summed E-state index contributed by atoms with van der Waals surface area (Å²) in [7, 11) is 2.93. The minimum atomic E-state index is -0.544. The van der Waals surface area contributed by atoms with Gasteiger partial charge in [-0.05, 0) is 46.9 Å². The van der Waals surface area contributed by atoms with Crippen LogP contribution in [0, 0.1) is 11.8 Å². The van der Waals surface area contributed by atoms with Crippen LogP contribution in [0.3, 0.4) is 0 Å². The molecule has 4 aliphatic rings. The summed E-state index contributed by atoms with van der Waals surface area (Å²) in [5.74, 6) is -0.322. The lowest BCUT2D eigenvalue weighted by atomic mass is 9.62. The molecule has 0 spiro atoms. The van der Waals surface area contributed by atoms with E-state index in [2.05, 4.69) is 10.2 Å². The highest BCUT2D eigenvalue weighted by molar-refractivity contribution is 5.85. The van der Waals surface area contributed by atoms with Gasteiger partial charge in [0.1, 0.15) is 0 Å². The molecule has 11 nitrogen and oxygen atoms in total. The first-order chi connectivity index (χ1) is 19.5.